The molecule has 0 amide bonds. The summed E-state index contributed by atoms with van der Waals surface area (Å²) in [5, 5.41) is 0. The molecule has 0 saturated heterocycles. The van der Waals surface area contributed by atoms with Crippen LogP contribution in [-0.4, -0.2) is 0 Å². The first kappa shape index (κ1) is 9.76. The lowest BCUT2D eigenvalue weighted by Gasteiger charge is -2.21. The number of hydrogen-bond acceptors (Lipinski definition) is 0. The molecule has 1 atom stereocenters. The fraction of sp³-hybridized carbons (Fsp3) is 0.500. The largest absolute Gasteiger partial charge is 0.0622 e. The maximum absolute atomic E-state index is 2.38. The van der Waals surface area contributed by atoms with Crippen molar-refractivity contribution in [3.63, 3.8) is 0 Å². The van der Waals surface area contributed by atoms with Crippen LogP contribution in [0, 0.1) is 12.3 Å². The SMILES string of the molecule is C[CH][C@@H](c1ccccc1)C1CCCC1. The van der Waals surface area contributed by atoms with Gasteiger partial charge in [-0.2, -0.15) is 0 Å². The van der Waals surface area contributed by atoms with E-state index in [1.54, 1.807) is 0 Å². The third kappa shape index (κ3) is 2.00. The van der Waals surface area contributed by atoms with Gasteiger partial charge in [-0.3, -0.25) is 0 Å². The zero-order chi connectivity index (χ0) is 9.80. The highest BCUT2D eigenvalue weighted by molar-refractivity contribution is 5.23. The lowest BCUT2D eigenvalue weighted by Crippen LogP contribution is -2.09. The van der Waals surface area contributed by atoms with Crippen molar-refractivity contribution in [2.75, 3.05) is 0 Å². The van der Waals surface area contributed by atoms with Crippen LogP contribution in [0.1, 0.15) is 44.1 Å². The smallest absolute Gasteiger partial charge is 0.0105 e. The normalized spacial score (nSPS) is 19.8. The van der Waals surface area contributed by atoms with Crippen LogP contribution in [0.4, 0.5) is 0 Å². The summed E-state index contributed by atoms with van der Waals surface area (Å²) in [7, 11) is 0. The van der Waals surface area contributed by atoms with Crippen LogP contribution < -0.4 is 0 Å². The maximum Gasteiger partial charge on any atom is -0.0105 e. The molecule has 0 bridgehead atoms. The van der Waals surface area contributed by atoms with E-state index in [0.717, 1.165) is 5.92 Å². The third-order valence-corrected chi connectivity index (χ3v) is 3.45. The average molecular weight is 187 g/mol. The minimum absolute atomic E-state index is 0.693. The summed E-state index contributed by atoms with van der Waals surface area (Å²) >= 11 is 0. The van der Waals surface area contributed by atoms with E-state index in [2.05, 4.69) is 43.7 Å². The highest BCUT2D eigenvalue weighted by Gasteiger charge is 2.24. The second-order valence-electron chi connectivity index (χ2n) is 4.31. The summed E-state index contributed by atoms with van der Waals surface area (Å²) < 4.78 is 0. The molecule has 0 N–H and O–H groups in total. The molecule has 1 aliphatic carbocycles. The number of benzene rings is 1. The highest BCUT2D eigenvalue weighted by atomic mass is 14.3. The summed E-state index contributed by atoms with van der Waals surface area (Å²) in [6.07, 6.45) is 8.09. The van der Waals surface area contributed by atoms with Gasteiger partial charge in [-0.05, 0) is 36.7 Å². The lowest BCUT2D eigenvalue weighted by atomic mass is 9.83. The molecule has 1 fully saturated rings. The first-order chi connectivity index (χ1) is 6.92. The Morgan fingerprint density at radius 1 is 1.14 bits per heavy atom. The van der Waals surface area contributed by atoms with Crippen LogP contribution in [0.3, 0.4) is 0 Å². The zero-order valence-corrected chi connectivity index (χ0v) is 8.95. The van der Waals surface area contributed by atoms with Gasteiger partial charge in [0.05, 0.1) is 0 Å². The van der Waals surface area contributed by atoms with Gasteiger partial charge in [0.1, 0.15) is 0 Å². The van der Waals surface area contributed by atoms with Gasteiger partial charge in [0.25, 0.3) is 0 Å². The Hall–Kier alpha value is -0.780. The first-order valence-electron chi connectivity index (χ1n) is 5.76. The highest BCUT2D eigenvalue weighted by Crippen LogP contribution is 2.38. The Kier molecular flexibility index (Phi) is 3.23. The Balaban J connectivity index is 2.12. The fourth-order valence-corrected chi connectivity index (χ4v) is 2.73. The van der Waals surface area contributed by atoms with Crippen molar-refractivity contribution in [3.8, 4) is 0 Å². The van der Waals surface area contributed by atoms with E-state index in [1.807, 2.05) is 0 Å². The molecular formula is C14H19. The van der Waals surface area contributed by atoms with Gasteiger partial charge in [-0.25, -0.2) is 0 Å². The summed E-state index contributed by atoms with van der Waals surface area (Å²) in [4.78, 5) is 0. The van der Waals surface area contributed by atoms with Gasteiger partial charge < -0.3 is 0 Å². The Bertz CT molecular complexity index is 257. The molecule has 75 valence electrons. The predicted molar refractivity (Wildman–Crippen MR) is 61.1 cm³/mol. The van der Waals surface area contributed by atoms with E-state index in [9.17, 15) is 0 Å². The van der Waals surface area contributed by atoms with E-state index in [0.29, 0.717) is 5.92 Å². The maximum atomic E-state index is 2.38. The first-order valence-corrected chi connectivity index (χ1v) is 5.76. The van der Waals surface area contributed by atoms with Crippen LogP contribution >= 0.6 is 0 Å². The molecule has 0 aromatic heterocycles. The fourth-order valence-electron chi connectivity index (χ4n) is 2.73. The minimum atomic E-state index is 0.693. The number of hydrogen-bond donors (Lipinski definition) is 0. The van der Waals surface area contributed by atoms with E-state index >= 15 is 0 Å². The van der Waals surface area contributed by atoms with E-state index in [1.165, 1.54) is 31.2 Å². The van der Waals surface area contributed by atoms with E-state index in [4.69, 9.17) is 0 Å². The van der Waals surface area contributed by atoms with Gasteiger partial charge in [0, 0.05) is 0 Å². The summed E-state index contributed by atoms with van der Waals surface area (Å²) in [6.45, 7) is 2.20. The summed E-state index contributed by atoms with van der Waals surface area (Å²) in [6, 6.07) is 10.9. The Morgan fingerprint density at radius 2 is 1.79 bits per heavy atom. The predicted octanol–water partition coefficient (Wildman–Crippen LogP) is 4.18. The van der Waals surface area contributed by atoms with Crippen LogP contribution in [-0.2, 0) is 0 Å². The van der Waals surface area contributed by atoms with Crippen molar-refractivity contribution >= 4 is 0 Å². The molecule has 0 unspecified atom stereocenters. The molecule has 1 saturated carbocycles. The Morgan fingerprint density at radius 3 is 2.36 bits per heavy atom. The monoisotopic (exact) mass is 187 g/mol. The molecule has 0 nitrogen and oxygen atoms in total. The van der Waals surface area contributed by atoms with Crippen LogP contribution in [0.2, 0.25) is 0 Å². The van der Waals surface area contributed by atoms with Crippen molar-refractivity contribution < 1.29 is 0 Å². The summed E-state index contributed by atoms with van der Waals surface area (Å²) in [5.41, 5.74) is 1.50. The van der Waals surface area contributed by atoms with Crippen molar-refractivity contribution in [3.05, 3.63) is 42.3 Å². The van der Waals surface area contributed by atoms with Crippen LogP contribution in [0.5, 0.6) is 0 Å². The Labute approximate surface area is 87.3 Å². The second kappa shape index (κ2) is 4.63. The molecule has 0 spiro atoms. The van der Waals surface area contributed by atoms with Gasteiger partial charge >= 0.3 is 0 Å². The molecule has 1 aromatic rings. The van der Waals surface area contributed by atoms with Crippen molar-refractivity contribution in [2.24, 2.45) is 5.92 Å². The van der Waals surface area contributed by atoms with E-state index < -0.39 is 0 Å². The van der Waals surface area contributed by atoms with Gasteiger partial charge in [-0.1, -0.05) is 50.1 Å². The lowest BCUT2D eigenvalue weighted by molar-refractivity contribution is 0.473. The van der Waals surface area contributed by atoms with Crippen molar-refractivity contribution in [1.82, 2.24) is 0 Å². The van der Waals surface area contributed by atoms with Gasteiger partial charge in [-0.15, -0.1) is 0 Å². The van der Waals surface area contributed by atoms with Gasteiger partial charge in [0.2, 0.25) is 0 Å². The second-order valence-corrected chi connectivity index (χ2v) is 4.31. The van der Waals surface area contributed by atoms with Crippen molar-refractivity contribution in [2.45, 2.75) is 38.5 Å². The molecular weight excluding hydrogens is 168 g/mol. The average Bonchev–Trinajstić information content (AvgIpc) is 2.74. The topological polar surface area (TPSA) is 0 Å². The van der Waals surface area contributed by atoms with Crippen LogP contribution in [0.15, 0.2) is 30.3 Å². The van der Waals surface area contributed by atoms with Crippen molar-refractivity contribution in [1.29, 1.82) is 0 Å². The zero-order valence-electron chi connectivity index (χ0n) is 8.95. The molecule has 1 radical (unpaired) electrons. The molecule has 0 heteroatoms. The van der Waals surface area contributed by atoms with Gasteiger partial charge in [0.15, 0.2) is 0 Å². The molecule has 0 heterocycles. The van der Waals surface area contributed by atoms with E-state index in [-0.39, 0.29) is 0 Å². The molecule has 14 heavy (non-hydrogen) atoms. The minimum Gasteiger partial charge on any atom is -0.0622 e. The molecule has 1 aliphatic rings. The molecule has 2 rings (SSSR count). The quantitative estimate of drug-likeness (QED) is 0.665. The molecule has 1 aromatic carbocycles. The standard InChI is InChI=1S/C14H19/c1-2-14(13-10-6-7-11-13)12-8-4-3-5-9-12/h2-5,8-9,13-14H,6-7,10-11H2,1H3/t14-/m0/s1. The summed E-state index contributed by atoms with van der Waals surface area (Å²) in [5.74, 6) is 1.60. The van der Waals surface area contributed by atoms with Crippen LogP contribution in [0.25, 0.3) is 0 Å². The third-order valence-electron chi connectivity index (χ3n) is 3.45. The number of rotatable bonds is 3. The molecule has 0 aliphatic heterocycles.